The molecule has 0 N–H and O–H groups in total. The summed E-state index contributed by atoms with van der Waals surface area (Å²) in [5.41, 5.74) is -0.196. The molecule has 1 amide bonds. The summed E-state index contributed by atoms with van der Waals surface area (Å²) in [5.74, 6) is -1.26. The highest BCUT2D eigenvalue weighted by Crippen LogP contribution is 2.24. The Kier molecular flexibility index (Phi) is 3.82. The van der Waals surface area contributed by atoms with Crippen LogP contribution in [0.5, 0.6) is 0 Å². The summed E-state index contributed by atoms with van der Waals surface area (Å²) in [6, 6.07) is 4.00. The summed E-state index contributed by atoms with van der Waals surface area (Å²) >= 11 is 5.82. The summed E-state index contributed by atoms with van der Waals surface area (Å²) in [5, 5.41) is -0.546. The van der Waals surface area contributed by atoms with E-state index in [0.29, 0.717) is 13.0 Å². The van der Waals surface area contributed by atoms with E-state index in [1.165, 1.54) is 17.0 Å². The number of carbonyl (C=O) groups is 1. The van der Waals surface area contributed by atoms with Crippen LogP contribution in [0, 0.1) is 5.82 Å². The number of sulfone groups is 1. The molecule has 0 aromatic heterocycles. The van der Waals surface area contributed by atoms with E-state index in [1.807, 2.05) is 0 Å². The molecule has 0 saturated carbocycles. The van der Waals surface area contributed by atoms with Crippen LogP contribution in [-0.4, -0.2) is 43.8 Å². The second-order valence-electron chi connectivity index (χ2n) is 4.59. The van der Waals surface area contributed by atoms with Crippen LogP contribution in [-0.2, 0) is 9.84 Å². The van der Waals surface area contributed by atoms with Crippen LogP contribution in [0.1, 0.15) is 16.8 Å². The van der Waals surface area contributed by atoms with Gasteiger partial charge in [0.05, 0.1) is 15.8 Å². The van der Waals surface area contributed by atoms with E-state index in [4.69, 9.17) is 11.6 Å². The van der Waals surface area contributed by atoms with Crippen LogP contribution in [0.3, 0.4) is 0 Å². The summed E-state index contributed by atoms with van der Waals surface area (Å²) < 4.78 is 36.5. The van der Waals surface area contributed by atoms with Gasteiger partial charge in [-0.25, -0.2) is 12.8 Å². The first-order valence-electron chi connectivity index (χ1n) is 5.73. The number of nitrogens with zero attached hydrogens (tertiary/aromatic N) is 1. The van der Waals surface area contributed by atoms with Gasteiger partial charge in [-0.05, 0) is 18.6 Å². The highest BCUT2D eigenvalue weighted by atomic mass is 35.5. The Balaban J connectivity index is 2.23. The van der Waals surface area contributed by atoms with Crippen molar-refractivity contribution in [2.24, 2.45) is 0 Å². The Hall–Kier alpha value is -1.14. The molecule has 1 fully saturated rings. The van der Waals surface area contributed by atoms with E-state index >= 15 is 0 Å². The molecular formula is C12H13ClFNO3S. The first-order valence-corrected chi connectivity index (χ1v) is 8.06. The van der Waals surface area contributed by atoms with Crippen LogP contribution in [0.15, 0.2) is 18.2 Å². The maximum atomic E-state index is 13.6. The SMILES string of the molecule is CS(=O)(=O)C1CCN(C(=O)c2c(F)cccc2Cl)C1. The normalized spacial score (nSPS) is 19.7. The largest absolute Gasteiger partial charge is 0.337 e. The molecule has 7 heteroatoms. The molecule has 1 heterocycles. The minimum absolute atomic E-state index is 0.0350. The van der Waals surface area contributed by atoms with Crippen molar-refractivity contribution in [1.29, 1.82) is 0 Å². The Labute approximate surface area is 116 Å². The standard InChI is InChI=1S/C12H13ClFNO3S/c1-19(17,18)8-5-6-15(7-8)12(16)11-9(13)3-2-4-10(11)14/h2-4,8H,5-7H2,1H3. The van der Waals surface area contributed by atoms with Crippen molar-refractivity contribution in [3.8, 4) is 0 Å². The first-order chi connectivity index (χ1) is 8.80. The van der Waals surface area contributed by atoms with Gasteiger partial charge in [-0.2, -0.15) is 0 Å². The molecule has 4 nitrogen and oxygen atoms in total. The monoisotopic (exact) mass is 305 g/mol. The lowest BCUT2D eigenvalue weighted by Gasteiger charge is -2.17. The fourth-order valence-electron chi connectivity index (χ4n) is 2.12. The van der Waals surface area contributed by atoms with Crippen molar-refractivity contribution in [3.63, 3.8) is 0 Å². The molecule has 1 unspecified atom stereocenters. The van der Waals surface area contributed by atoms with E-state index in [0.717, 1.165) is 12.3 Å². The minimum Gasteiger partial charge on any atom is -0.337 e. The van der Waals surface area contributed by atoms with Crippen LogP contribution in [0.2, 0.25) is 5.02 Å². The maximum absolute atomic E-state index is 13.6. The van der Waals surface area contributed by atoms with Crippen molar-refractivity contribution in [3.05, 3.63) is 34.6 Å². The molecule has 1 aromatic rings. The first kappa shape index (κ1) is 14.3. The number of amides is 1. The quantitative estimate of drug-likeness (QED) is 0.836. The third kappa shape index (κ3) is 2.90. The van der Waals surface area contributed by atoms with Gasteiger partial charge in [0.15, 0.2) is 9.84 Å². The molecule has 0 spiro atoms. The van der Waals surface area contributed by atoms with Crippen molar-refractivity contribution in [1.82, 2.24) is 4.90 Å². The van der Waals surface area contributed by atoms with E-state index in [9.17, 15) is 17.6 Å². The zero-order chi connectivity index (χ0) is 14.2. The summed E-state index contributed by atoms with van der Waals surface area (Å²) in [6.45, 7) is 0.379. The summed E-state index contributed by atoms with van der Waals surface area (Å²) in [7, 11) is -3.19. The fraction of sp³-hybridized carbons (Fsp3) is 0.417. The Morgan fingerprint density at radius 3 is 2.68 bits per heavy atom. The van der Waals surface area contributed by atoms with E-state index in [2.05, 4.69) is 0 Å². The molecular weight excluding hydrogens is 293 g/mol. The number of rotatable bonds is 2. The van der Waals surface area contributed by atoms with Gasteiger partial charge in [0.25, 0.3) is 5.91 Å². The molecule has 19 heavy (non-hydrogen) atoms. The van der Waals surface area contributed by atoms with Crippen LogP contribution in [0.25, 0.3) is 0 Å². The second-order valence-corrected chi connectivity index (χ2v) is 7.32. The van der Waals surface area contributed by atoms with Gasteiger partial charge >= 0.3 is 0 Å². The van der Waals surface area contributed by atoms with Crippen molar-refractivity contribution in [2.45, 2.75) is 11.7 Å². The van der Waals surface area contributed by atoms with Gasteiger partial charge in [-0.1, -0.05) is 17.7 Å². The fourth-order valence-corrected chi connectivity index (χ4v) is 3.35. The predicted octanol–water partition coefficient (Wildman–Crippen LogP) is 1.74. The van der Waals surface area contributed by atoms with Crippen molar-refractivity contribution >= 4 is 27.3 Å². The van der Waals surface area contributed by atoms with Crippen LogP contribution < -0.4 is 0 Å². The molecule has 1 aliphatic heterocycles. The summed E-state index contributed by atoms with van der Waals surface area (Å²) in [6.07, 6.45) is 1.51. The molecule has 1 saturated heterocycles. The second kappa shape index (κ2) is 5.09. The molecule has 0 bridgehead atoms. The van der Waals surface area contributed by atoms with E-state index in [-0.39, 0.29) is 17.1 Å². The molecule has 104 valence electrons. The van der Waals surface area contributed by atoms with E-state index < -0.39 is 26.8 Å². The van der Waals surface area contributed by atoms with Crippen LogP contribution >= 0.6 is 11.6 Å². The molecule has 2 rings (SSSR count). The van der Waals surface area contributed by atoms with Gasteiger partial charge in [0.1, 0.15) is 5.82 Å². The average Bonchev–Trinajstić information content (AvgIpc) is 2.77. The third-order valence-corrected chi connectivity index (χ3v) is 5.13. The lowest BCUT2D eigenvalue weighted by Crippen LogP contribution is -2.32. The number of hydrogen-bond donors (Lipinski definition) is 0. The lowest BCUT2D eigenvalue weighted by molar-refractivity contribution is 0.0789. The lowest BCUT2D eigenvalue weighted by atomic mass is 10.2. The number of likely N-dealkylation sites (tertiary alicyclic amines) is 1. The minimum atomic E-state index is -3.19. The maximum Gasteiger partial charge on any atom is 0.258 e. The van der Waals surface area contributed by atoms with Crippen LogP contribution in [0.4, 0.5) is 4.39 Å². The zero-order valence-electron chi connectivity index (χ0n) is 10.3. The molecule has 0 radical (unpaired) electrons. The number of carbonyl (C=O) groups excluding carboxylic acids is 1. The highest BCUT2D eigenvalue weighted by Gasteiger charge is 2.34. The Morgan fingerprint density at radius 1 is 1.47 bits per heavy atom. The number of benzene rings is 1. The third-order valence-electron chi connectivity index (χ3n) is 3.21. The van der Waals surface area contributed by atoms with Crippen molar-refractivity contribution in [2.75, 3.05) is 19.3 Å². The van der Waals surface area contributed by atoms with Gasteiger partial charge in [0.2, 0.25) is 0 Å². The predicted molar refractivity (Wildman–Crippen MR) is 70.6 cm³/mol. The molecule has 1 atom stereocenters. The summed E-state index contributed by atoms with van der Waals surface area (Å²) in [4.78, 5) is 13.5. The smallest absolute Gasteiger partial charge is 0.258 e. The molecule has 1 aliphatic rings. The topological polar surface area (TPSA) is 54.5 Å². The van der Waals surface area contributed by atoms with E-state index in [1.54, 1.807) is 0 Å². The molecule has 1 aromatic carbocycles. The van der Waals surface area contributed by atoms with Gasteiger partial charge in [-0.15, -0.1) is 0 Å². The van der Waals surface area contributed by atoms with Gasteiger partial charge in [-0.3, -0.25) is 4.79 Å². The number of halogens is 2. The van der Waals surface area contributed by atoms with Gasteiger partial charge in [0, 0.05) is 19.3 Å². The Morgan fingerprint density at radius 2 is 2.16 bits per heavy atom. The van der Waals surface area contributed by atoms with Gasteiger partial charge < -0.3 is 4.90 Å². The Bertz CT molecular complexity index is 597. The highest BCUT2D eigenvalue weighted by molar-refractivity contribution is 7.91. The average molecular weight is 306 g/mol. The molecule has 0 aliphatic carbocycles. The zero-order valence-corrected chi connectivity index (χ0v) is 11.8. The van der Waals surface area contributed by atoms with Crippen molar-refractivity contribution < 1.29 is 17.6 Å². The number of hydrogen-bond acceptors (Lipinski definition) is 3.